The van der Waals surface area contributed by atoms with Gasteiger partial charge in [-0.3, -0.25) is 4.90 Å². The first-order valence-corrected chi connectivity index (χ1v) is 10.6. The molecule has 166 valence electrons. The van der Waals surface area contributed by atoms with Crippen LogP contribution in [0.25, 0.3) is 0 Å². The van der Waals surface area contributed by atoms with Crippen LogP contribution in [0.2, 0.25) is 0 Å². The van der Waals surface area contributed by atoms with E-state index in [9.17, 15) is 5.11 Å². The maximum Gasteiger partial charge on any atom is 0.191 e. The molecule has 1 saturated carbocycles. The summed E-state index contributed by atoms with van der Waals surface area (Å²) in [5, 5.41) is 16.6. The maximum atomic E-state index is 9.72. The number of benzene rings is 1. The normalized spacial score (nSPS) is 19.4. The lowest BCUT2D eigenvalue weighted by Gasteiger charge is -2.27. The van der Waals surface area contributed by atoms with E-state index >= 15 is 0 Å². The number of aliphatic imine (C=N–C) groups is 1. The van der Waals surface area contributed by atoms with Gasteiger partial charge in [0.1, 0.15) is 5.76 Å². The molecule has 1 aromatic carbocycles. The second-order valence-electron chi connectivity index (χ2n) is 7.87. The summed E-state index contributed by atoms with van der Waals surface area (Å²) in [7, 11) is 2.10. The Labute approximate surface area is 197 Å². The third-order valence-electron chi connectivity index (χ3n) is 5.35. The van der Waals surface area contributed by atoms with Crippen LogP contribution >= 0.6 is 24.0 Å². The molecule has 0 amide bonds. The van der Waals surface area contributed by atoms with Gasteiger partial charge >= 0.3 is 0 Å². The van der Waals surface area contributed by atoms with Crippen molar-refractivity contribution >= 4 is 29.9 Å². The van der Waals surface area contributed by atoms with Crippen molar-refractivity contribution in [1.82, 2.24) is 15.5 Å². The molecular formula is C23H35IN4O2. The number of nitrogens with one attached hydrogen (secondary N) is 2. The fourth-order valence-corrected chi connectivity index (χ4v) is 3.78. The zero-order valence-electron chi connectivity index (χ0n) is 18.0. The van der Waals surface area contributed by atoms with Crippen molar-refractivity contribution < 1.29 is 9.52 Å². The van der Waals surface area contributed by atoms with Gasteiger partial charge in [0, 0.05) is 19.1 Å². The molecule has 0 unspecified atom stereocenters. The van der Waals surface area contributed by atoms with Crippen molar-refractivity contribution in [2.45, 2.75) is 64.4 Å². The quantitative estimate of drug-likeness (QED) is 0.277. The first-order chi connectivity index (χ1) is 14.1. The highest BCUT2D eigenvalue weighted by molar-refractivity contribution is 14.0. The van der Waals surface area contributed by atoms with Gasteiger partial charge in [-0.1, -0.05) is 24.3 Å². The smallest absolute Gasteiger partial charge is 0.191 e. The molecule has 0 spiro atoms. The molecule has 0 bridgehead atoms. The minimum atomic E-state index is -0.141. The van der Waals surface area contributed by atoms with Crippen LogP contribution in [0.3, 0.4) is 0 Å². The monoisotopic (exact) mass is 526 g/mol. The van der Waals surface area contributed by atoms with Gasteiger partial charge in [-0.25, -0.2) is 4.99 Å². The number of halogens is 1. The molecule has 7 heteroatoms. The Morgan fingerprint density at radius 2 is 1.83 bits per heavy atom. The molecule has 0 aliphatic heterocycles. The minimum absolute atomic E-state index is 0. The lowest BCUT2D eigenvalue weighted by molar-refractivity contribution is 0.120. The fraction of sp³-hybridized carbons (Fsp3) is 0.522. The van der Waals surface area contributed by atoms with E-state index in [0.717, 1.165) is 57.0 Å². The number of hydrogen-bond donors (Lipinski definition) is 3. The molecule has 1 aliphatic rings. The third-order valence-corrected chi connectivity index (χ3v) is 5.35. The number of guanidine groups is 1. The van der Waals surface area contributed by atoms with Crippen LogP contribution in [0.15, 0.2) is 52.1 Å². The van der Waals surface area contributed by atoms with Gasteiger partial charge in [-0.05, 0) is 62.9 Å². The van der Waals surface area contributed by atoms with E-state index in [0.29, 0.717) is 12.6 Å². The van der Waals surface area contributed by atoms with Crippen molar-refractivity contribution in [2.24, 2.45) is 4.99 Å². The Bertz CT molecular complexity index is 758. The second kappa shape index (κ2) is 13.0. The van der Waals surface area contributed by atoms with E-state index in [4.69, 9.17) is 9.41 Å². The lowest BCUT2D eigenvalue weighted by atomic mass is 9.93. The molecule has 30 heavy (non-hydrogen) atoms. The summed E-state index contributed by atoms with van der Waals surface area (Å²) in [6, 6.07) is 12.8. The van der Waals surface area contributed by atoms with Crippen molar-refractivity contribution in [3.63, 3.8) is 0 Å². The van der Waals surface area contributed by atoms with E-state index in [1.807, 2.05) is 12.1 Å². The molecule has 3 rings (SSSR count). The van der Waals surface area contributed by atoms with E-state index in [1.54, 1.807) is 6.26 Å². The topological polar surface area (TPSA) is 73.0 Å². The van der Waals surface area contributed by atoms with Crippen LogP contribution in [-0.4, -0.2) is 41.7 Å². The van der Waals surface area contributed by atoms with Crippen LogP contribution in [0.4, 0.5) is 0 Å². The molecule has 1 aliphatic carbocycles. The summed E-state index contributed by atoms with van der Waals surface area (Å²) in [6.45, 7) is 5.17. The van der Waals surface area contributed by atoms with Gasteiger partial charge in [0.05, 0.1) is 25.5 Å². The number of hydrogen-bond acceptors (Lipinski definition) is 4. The predicted octanol–water partition coefficient (Wildman–Crippen LogP) is 3.89. The molecule has 6 nitrogen and oxygen atoms in total. The first kappa shape index (κ1) is 24.7. The molecule has 0 saturated heterocycles. The summed E-state index contributed by atoms with van der Waals surface area (Å²) in [6.07, 6.45) is 5.27. The average molecular weight is 526 g/mol. The highest BCUT2D eigenvalue weighted by Crippen LogP contribution is 2.18. The highest BCUT2D eigenvalue weighted by atomic mass is 127. The average Bonchev–Trinajstić information content (AvgIpc) is 3.22. The summed E-state index contributed by atoms with van der Waals surface area (Å²) >= 11 is 0. The Hall–Kier alpha value is -1.58. The van der Waals surface area contributed by atoms with Crippen molar-refractivity contribution in [3.8, 4) is 0 Å². The Kier molecular flexibility index (Phi) is 10.7. The first-order valence-electron chi connectivity index (χ1n) is 10.6. The minimum Gasteiger partial charge on any atom is -0.468 e. The summed E-state index contributed by atoms with van der Waals surface area (Å²) in [5.74, 6) is 1.83. The molecule has 0 atom stereocenters. The standard InChI is InChI=1S/C23H34N4O2.HI/c1-3-24-23(26-20-10-12-21(28)13-11-20)25-15-18-7-4-5-8-19(18)16-27(2)17-22-9-6-14-29-22;/h4-9,14,20-21,28H,3,10-13,15-17H2,1-2H3,(H2,24,25,26);1H. The van der Waals surface area contributed by atoms with Crippen LogP contribution in [0.1, 0.15) is 49.5 Å². The number of aliphatic hydroxyl groups is 1. The van der Waals surface area contributed by atoms with Gasteiger partial charge in [0.25, 0.3) is 0 Å². The Morgan fingerprint density at radius 3 is 2.50 bits per heavy atom. The van der Waals surface area contributed by atoms with E-state index in [2.05, 4.69) is 53.8 Å². The van der Waals surface area contributed by atoms with E-state index in [-0.39, 0.29) is 30.1 Å². The van der Waals surface area contributed by atoms with Crippen LogP contribution < -0.4 is 10.6 Å². The van der Waals surface area contributed by atoms with Gasteiger partial charge in [0.2, 0.25) is 0 Å². The third kappa shape index (κ3) is 7.92. The largest absolute Gasteiger partial charge is 0.468 e. The molecule has 0 radical (unpaired) electrons. The summed E-state index contributed by atoms with van der Waals surface area (Å²) < 4.78 is 5.46. The van der Waals surface area contributed by atoms with E-state index < -0.39 is 0 Å². The fourth-order valence-electron chi connectivity index (χ4n) is 3.78. The summed E-state index contributed by atoms with van der Waals surface area (Å²) in [5.41, 5.74) is 2.51. The second-order valence-corrected chi connectivity index (χ2v) is 7.87. The summed E-state index contributed by atoms with van der Waals surface area (Å²) in [4.78, 5) is 7.08. The number of aliphatic hydroxyl groups excluding tert-OH is 1. The lowest BCUT2D eigenvalue weighted by Crippen LogP contribution is -2.45. The molecule has 3 N–H and O–H groups in total. The molecular weight excluding hydrogens is 491 g/mol. The van der Waals surface area contributed by atoms with Gasteiger partial charge < -0.3 is 20.2 Å². The van der Waals surface area contributed by atoms with Crippen LogP contribution in [0, 0.1) is 0 Å². The van der Waals surface area contributed by atoms with Gasteiger partial charge in [-0.2, -0.15) is 0 Å². The molecule has 1 heterocycles. The SMILES string of the molecule is CCNC(=NCc1ccccc1CN(C)Cc1ccco1)NC1CCC(O)CC1.I. The van der Waals surface area contributed by atoms with E-state index in [1.165, 1.54) is 11.1 Å². The number of nitrogens with zero attached hydrogens (tertiary/aromatic N) is 2. The Balaban J connectivity index is 0.00000320. The molecule has 1 aromatic heterocycles. The zero-order valence-corrected chi connectivity index (χ0v) is 20.3. The number of rotatable bonds is 8. The zero-order chi connectivity index (χ0) is 20.5. The van der Waals surface area contributed by atoms with Crippen molar-refractivity contribution in [1.29, 1.82) is 0 Å². The maximum absolute atomic E-state index is 9.72. The van der Waals surface area contributed by atoms with Crippen LogP contribution in [-0.2, 0) is 19.6 Å². The number of furan rings is 1. The molecule has 2 aromatic rings. The van der Waals surface area contributed by atoms with Crippen molar-refractivity contribution in [2.75, 3.05) is 13.6 Å². The Morgan fingerprint density at radius 1 is 1.10 bits per heavy atom. The predicted molar refractivity (Wildman–Crippen MR) is 132 cm³/mol. The van der Waals surface area contributed by atoms with Gasteiger partial charge in [0.15, 0.2) is 5.96 Å². The molecule has 1 fully saturated rings. The van der Waals surface area contributed by atoms with Gasteiger partial charge in [-0.15, -0.1) is 24.0 Å². The highest BCUT2D eigenvalue weighted by Gasteiger charge is 2.20. The van der Waals surface area contributed by atoms with Crippen LogP contribution in [0.5, 0.6) is 0 Å². The van der Waals surface area contributed by atoms with Crippen molar-refractivity contribution in [3.05, 3.63) is 59.5 Å².